The molecule has 122 valence electrons. The number of rotatable bonds is 3. The summed E-state index contributed by atoms with van der Waals surface area (Å²) in [6.45, 7) is 3.17. The molecule has 2 heterocycles. The number of hydrogen-bond acceptors (Lipinski definition) is 3. The van der Waals surface area contributed by atoms with Crippen molar-refractivity contribution >= 4 is 23.1 Å². The average molecular weight is 330 g/mol. The van der Waals surface area contributed by atoms with Crippen molar-refractivity contribution in [3.8, 4) is 10.4 Å². The van der Waals surface area contributed by atoms with E-state index in [1.54, 1.807) is 18.3 Å². The smallest absolute Gasteiger partial charge is 0.321 e. The lowest BCUT2D eigenvalue weighted by Gasteiger charge is -2.34. The second-order valence-electron chi connectivity index (χ2n) is 6.04. The summed E-state index contributed by atoms with van der Waals surface area (Å²) in [7, 11) is 0. The van der Waals surface area contributed by atoms with E-state index in [2.05, 4.69) is 11.4 Å². The zero-order valence-corrected chi connectivity index (χ0v) is 14.1. The molecule has 4 nitrogen and oxygen atoms in total. The topological polar surface area (TPSA) is 52.6 Å². The Morgan fingerprint density at radius 2 is 2.17 bits per heavy atom. The van der Waals surface area contributed by atoms with Crippen LogP contribution in [0.5, 0.6) is 0 Å². The third-order valence-corrected chi connectivity index (χ3v) is 5.29. The monoisotopic (exact) mass is 330 g/mol. The lowest BCUT2D eigenvalue weighted by atomic mass is 9.94. The number of carbonyl (C=O) groups is 1. The highest BCUT2D eigenvalue weighted by Gasteiger charge is 2.26. The van der Waals surface area contributed by atoms with Crippen molar-refractivity contribution < 1.29 is 9.90 Å². The molecular formula is C18H22N2O2S. The number of aliphatic hydroxyl groups is 1. The van der Waals surface area contributed by atoms with Gasteiger partial charge in [-0.2, -0.15) is 0 Å². The summed E-state index contributed by atoms with van der Waals surface area (Å²) in [6, 6.07) is 11.9. The van der Waals surface area contributed by atoms with E-state index in [1.807, 2.05) is 40.6 Å². The molecular weight excluding hydrogens is 308 g/mol. The molecule has 1 saturated heterocycles. The molecule has 23 heavy (non-hydrogen) atoms. The molecule has 5 heteroatoms. The van der Waals surface area contributed by atoms with Crippen molar-refractivity contribution in [3.05, 3.63) is 41.8 Å². The van der Waals surface area contributed by atoms with E-state index in [-0.39, 0.29) is 18.1 Å². The van der Waals surface area contributed by atoms with Crippen LogP contribution in [0.25, 0.3) is 10.4 Å². The number of anilines is 1. The van der Waals surface area contributed by atoms with Gasteiger partial charge in [0.2, 0.25) is 0 Å². The van der Waals surface area contributed by atoms with Gasteiger partial charge < -0.3 is 15.3 Å². The molecule has 2 unspecified atom stereocenters. The third-order valence-electron chi connectivity index (χ3n) is 4.38. The molecule has 0 saturated carbocycles. The zero-order chi connectivity index (χ0) is 16.2. The number of piperidine rings is 1. The van der Waals surface area contributed by atoms with E-state index in [4.69, 9.17) is 0 Å². The van der Waals surface area contributed by atoms with Gasteiger partial charge in [0.15, 0.2) is 0 Å². The molecule has 1 aliphatic rings. The fourth-order valence-corrected chi connectivity index (χ4v) is 3.79. The van der Waals surface area contributed by atoms with Gasteiger partial charge in [-0.05, 0) is 37.3 Å². The van der Waals surface area contributed by atoms with E-state index in [0.717, 1.165) is 35.5 Å². The van der Waals surface area contributed by atoms with Gasteiger partial charge in [-0.25, -0.2) is 4.79 Å². The van der Waals surface area contributed by atoms with E-state index in [9.17, 15) is 9.90 Å². The van der Waals surface area contributed by atoms with Gasteiger partial charge >= 0.3 is 6.03 Å². The first-order valence-corrected chi connectivity index (χ1v) is 8.90. The highest BCUT2D eigenvalue weighted by atomic mass is 32.1. The number of amides is 2. The van der Waals surface area contributed by atoms with Crippen molar-refractivity contribution in [1.29, 1.82) is 0 Å². The first-order valence-electron chi connectivity index (χ1n) is 8.02. The van der Waals surface area contributed by atoms with Gasteiger partial charge in [0, 0.05) is 29.4 Å². The molecule has 0 aliphatic carbocycles. The van der Waals surface area contributed by atoms with Crippen LogP contribution in [0.4, 0.5) is 10.5 Å². The summed E-state index contributed by atoms with van der Waals surface area (Å²) < 4.78 is 0. The number of carbonyl (C=O) groups excluding carboxylic acids is 1. The maximum absolute atomic E-state index is 12.6. The van der Waals surface area contributed by atoms with Gasteiger partial charge in [0.1, 0.15) is 0 Å². The van der Waals surface area contributed by atoms with Crippen LogP contribution in [0, 0.1) is 5.92 Å². The minimum Gasteiger partial charge on any atom is -0.393 e. The Hall–Kier alpha value is -1.85. The molecule has 1 fully saturated rings. The second kappa shape index (κ2) is 7.15. The quantitative estimate of drug-likeness (QED) is 0.892. The molecule has 0 radical (unpaired) electrons. The van der Waals surface area contributed by atoms with Crippen LogP contribution in [-0.4, -0.2) is 35.2 Å². The molecule has 1 aromatic heterocycles. The Morgan fingerprint density at radius 1 is 1.35 bits per heavy atom. The van der Waals surface area contributed by atoms with Crippen LogP contribution < -0.4 is 5.32 Å². The van der Waals surface area contributed by atoms with Crippen LogP contribution in [0.2, 0.25) is 0 Å². The first-order chi connectivity index (χ1) is 11.1. The van der Waals surface area contributed by atoms with Crippen molar-refractivity contribution in [1.82, 2.24) is 4.90 Å². The maximum atomic E-state index is 12.6. The van der Waals surface area contributed by atoms with Crippen molar-refractivity contribution in [2.75, 3.05) is 18.4 Å². The summed E-state index contributed by atoms with van der Waals surface area (Å²) >= 11 is 1.66. The molecule has 1 aromatic carbocycles. The summed E-state index contributed by atoms with van der Waals surface area (Å²) in [5.41, 5.74) is 1.87. The molecule has 2 aromatic rings. The number of urea groups is 1. The molecule has 0 spiro atoms. The molecule has 2 amide bonds. The summed E-state index contributed by atoms with van der Waals surface area (Å²) in [6.07, 6.45) is 1.55. The highest BCUT2D eigenvalue weighted by Crippen LogP contribution is 2.31. The predicted molar refractivity (Wildman–Crippen MR) is 94.8 cm³/mol. The predicted octanol–water partition coefficient (Wildman–Crippen LogP) is 4.04. The van der Waals surface area contributed by atoms with Crippen LogP contribution in [0.1, 0.15) is 19.8 Å². The Bertz CT molecular complexity index is 655. The lowest BCUT2D eigenvalue weighted by Crippen LogP contribution is -2.44. The van der Waals surface area contributed by atoms with E-state index < -0.39 is 0 Å². The third kappa shape index (κ3) is 3.74. The fourth-order valence-electron chi connectivity index (χ4n) is 3.02. The molecule has 2 atom stereocenters. The van der Waals surface area contributed by atoms with Crippen LogP contribution >= 0.6 is 11.3 Å². The fraction of sp³-hybridized carbons (Fsp3) is 0.389. The van der Waals surface area contributed by atoms with E-state index in [0.29, 0.717) is 6.54 Å². The average Bonchev–Trinajstić information content (AvgIpc) is 3.09. The molecule has 0 bridgehead atoms. The zero-order valence-electron chi connectivity index (χ0n) is 13.2. The first kappa shape index (κ1) is 16.0. The minimum atomic E-state index is -0.371. The number of likely N-dealkylation sites (tertiary alicyclic amines) is 1. The summed E-state index contributed by atoms with van der Waals surface area (Å²) in [4.78, 5) is 15.5. The minimum absolute atomic E-state index is 0.0839. The van der Waals surface area contributed by atoms with Crippen LogP contribution in [0.3, 0.4) is 0 Å². The van der Waals surface area contributed by atoms with E-state index in [1.165, 1.54) is 0 Å². The van der Waals surface area contributed by atoms with Crippen LogP contribution in [-0.2, 0) is 0 Å². The lowest BCUT2D eigenvalue weighted by molar-refractivity contribution is 0.0766. The standard InChI is InChI=1S/C18H22N2O2S/c1-13(21)14-6-4-10-20(12-14)18(22)19-16-8-3-2-7-15(16)17-9-5-11-23-17/h2-3,5,7-9,11,13-14,21H,4,6,10,12H2,1H3,(H,19,22). The number of nitrogens with zero attached hydrogens (tertiary/aromatic N) is 1. The summed E-state index contributed by atoms with van der Waals surface area (Å²) in [5.74, 6) is 0.169. The van der Waals surface area contributed by atoms with Crippen LogP contribution in [0.15, 0.2) is 41.8 Å². The summed E-state index contributed by atoms with van der Waals surface area (Å²) in [5, 5.41) is 14.9. The van der Waals surface area contributed by atoms with Crippen molar-refractivity contribution in [3.63, 3.8) is 0 Å². The Kier molecular flexibility index (Phi) is 4.98. The molecule has 3 rings (SSSR count). The number of para-hydroxylation sites is 1. The van der Waals surface area contributed by atoms with Gasteiger partial charge in [0.25, 0.3) is 0 Å². The maximum Gasteiger partial charge on any atom is 0.321 e. The largest absolute Gasteiger partial charge is 0.393 e. The molecule has 2 N–H and O–H groups in total. The Morgan fingerprint density at radius 3 is 2.91 bits per heavy atom. The normalized spacial score (nSPS) is 19.4. The Labute approximate surface area is 140 Å². The number of benzene rings is 1. The van der Waals surface area contributed by atoms with Crippen molar-refractivity contribution in [2.24, 2.45) is 5.92 Å². The Balaban J connectivity index is 1.73. The SMILES string of the molecule is CC(O)C1CCCN(C(=O)Nc2ccccc2-c2cccs2)C1. The van der Waals surface area contributed by atoms with Gasteiger partial charge in [-0.15, -0.1) is 11.3 Å². The van der Waals surface area contributed by atoms with E-state index >= 15 is 0 Å². The van der Waals surface area contributed by atoms with Gasteiger partial charge in [-0.3, -0.25) is 0 Å². The number of thiophene rings is 1. The van der Waals surface area contributed by atoms with Gasteiger partial charge in [0.05, 0.1) is 11.8 Å². The van der Waals surface area contributed by atoms with Gasteiger partial charge in [-0.1, -0.05) is 24.3 Å². The number of nitrogens with one attached hydrogen (secondary N) is 1. The second-order valence-corrected chi connectivity index (χ2v) is 6.99. The molecule has 1 aliphatic heterocycles. The van der Waals surface area contributed by atoms with Crippen molar-refractivity contribution in [2.45, 2.75) is 25.9 Å². The number of hydrogen-bond donors (Lipinski definition) is 2. The highest BCUT2D eigenvalue weighted by molar-refractivity contribution is 7.13. The number of aliphatic hydroxyl groups excluding tert-OH is 1.